The second kappa shape index (κ2) is 7.31. The lowest BCUT2D eigenvalue weighted by Gasteiger charge is -2.06. The van der Waals surface area contributed by atoms with Crippen molar-refractivity contribution in [2.45, 2.75) is 11.4 Å². The van der Waals surface area contributed by atoms with Gasteiger partial charge in [-0.3, -0.25) is 4.79 Å². The van der Waals surface area contributed by atoms with Crippen molar-refractivity contribution < 1.29 is 9.18 Å². The number of thioether (sulfide) groups is 1. The highest BCUT2D eigenvalue weighted by atomic mass is 35.5. The van der Waals surface area contributed by atoms with Crippen LogP contribution in [0, 0.1) is 5.82 Å². The molecule has 0 aliphatic rings. The van der Waals surface area contributed by atoms with E-state index in [1.165, 1.54) is 23.9 Å². The third kappa shape index (κ3) is 4.87. The van der Waals surface area contributed by atoms with Crippen LogP contribution in [0.25, 0.3) is 0 Å². The van der Waals surface area contributed by atoms with Crippen molar-refractivity contribution in [3.05, 3.63) is 64.9 Å². The van der Waals surface area contributed by atoms with E-state index in [2.05, 4.69) is 5.32 Å². The predicted octanol–water partition coefficient (Wildman–Crippen LogP) is 3.89. The molecule has 0 aliphatic carbocycles. The van der Waals surface area contributed by atoms with E-state index in [1.807, 2.05) is 18.2 Å². The molecule has 2 nitrogen and oxygen atoms in total. The minimum atomic E-state index is -0.278. The van der Waals surface area contributed by atoms with Crippen molar-refractivity contribution in [2.75, 3.05) is 5.75 Å². The minimum Gasteiger partial charge on any atom is -0.351 e. The first-order chi connectivity index (χ1) is 9.63. The van der Waals surface area contributed by atoms with Crippen LogP contribution in [-0.2, 0) is 11.3 Å². The maximum absolute atomic E-state index is 12.7. The topological polar surface area (TPSA) is 29.1 Å². The van der Waals surface area contributed by atoms with Crippen molar-refractivity contribution in [3.63, 3.8) is 0 Å². The van der Waals surface area contributed by atoms with E-state index >= 15 is 0 Å². The van der Waals surface area contributed by atoms with Gasteiger partial charge >= 0.3 is 0 Å². The summed E-state index contributed by atoms with van der Waals surface area (Å²) in [5, 5.41) is 3.47. The van der Waals surface area contributed by atoms with Crippen LogP contribution in [0.4, 0.5) is 4.39 Å². The lowest BCUT2D eigenvalue weighted by atomic mass is 10.2. The van der Waals surface area contributed by atoms with Crippen molar-refractivity contribution in [2.24, 2.45) is 0 Å². The SMILES string of the molecule is O=C(CSc1ccc(F)cc1)NCc1cccc(Cl)c1. The summed E-state index contributed by atoms with van der Waals surface area (Å²) in [6.07, 6.45) is 0. The molecule has 0 bridgehead atoms. The monoisotopic (exact) mass is 309 g/mol. The Morgan fingerprint density at radius 2 is 1.95 bits per heavy atom. The first kappa shape index (κ1) is 14.9. The normalized spacial score (nSPS) is 10.3. The van der Waals surface area contributed by atoms with Crippen LogP contribution >= 0.6 is 23.4 Å². The van der Waals surface area contributed by atoms with E-state index < -0.39 is 0 Å². The van der Waals surface area contributed by atoms with E-state index in [1.54, 1.807) is 18.2 Å². The van der Waals surface area contributed by atoms with Gasteiger partial charge in [-0.1, -0.05) is 23.7 Å². The second-order valence-corrected chi connectivity index (χ2v) is 5.63. The molecule has 0 fully saturated rings. The molecule has 1 amide bonds. The maximum Gasteiger partial charge on any atom is 0.230 e. The summed E-state index contributed by atoms with van der Waals surface area (Å²) < 4.78 is 12.7. The molecule has 0 saturated carbocycles. The first-order valence-electron chi connectivity index (χ1n) is 6.03. The Labute approximate surface area is 126 Å². The molecule has 0 radical (unpaired) electrons. The third-order valence-corrected chi connectivity index (χ3v) is 3.81. The Morgan fingerprint density at radius 1 is 1.20 bits per heavy atom. The molecule has 2 aromatic carbocycles. The number of benzene rings is 2. The second-order valence-electron chi connectivity index (χ2n) is 4.15. The molecule has 1 N–H and O–H groups in total. The van der Waals surface area contributed by atoms with Gasteiger partial charge < -0.3 is 5.32 Å². The quantitative estimate of drug-likeness (QED) is 0.849. The Balaban J connectivity index is 1.77. The standard InChI is InChI=1S/C15H13ClFNOS/c16-12-3-1-2-11(8-12)9-18-15(19)10-20-14-6-4-13(17)5-7-14/h1-8H,9-10H2,(H,18,19). The van der Waals surface area contributed by atoms with Crippen molar-refractivity contribution >= 4 is 29.3 Å². The fourth-order valence-electron chi connectivity index (χ4n) is 1.58. The highest BCUT2D eigenvalue weighted by Gasteiger charge is 2.03. The molecule has 0 aliphatic heterocycles. The van der Waals surface area contributed by atoms with Crippen molar-refractivity contribution in [1.82, 2.24) is 5.32 Å². The number of nitrogens with one attached hydrogen (secondary N) is 1. The van der Waals surface area contributed by atoms with Crippen molar-refractivity contribution in [3.8, 4) is 0 Å². The molecule has 2 rings (SSSR count). The number of hydrogen-bond acceptors (Lipinski definition) is 2. The number of carbonyl (C=O) groups is 1. The number of rotatable bonds is 5. The number of carbonyl (C=O) groups excluding carboxylic acids is 1. The van der Waals surface area contributed by atoms with E-state index in [-0.39, 0.29) is 11.7 Å². The van der Waals surface area contributed by atoms with Crippen LogP contribution in [0.5, 0.6) is 0 Å². The molecule has 20 heavy (non-hydrogen) atoms. The summed E-state index contributed by atoms with van der Waals surface area (Å²) >= 11 is 7.24. The zero-order valence-corrected chi connectivity index (χ0v) is 12.2. The van der Waals surface area contributed by atoms with Crippen molar-refractivity contribution in [1.29, 1.82) is 0 Å². The van der Waals surface area contributed by atoms with E-state index in [9.17, 15) is 9.18 Å². The average Bonchev–Trinajstić information content (AvgIpc) is 2.45. The molecule has 0 unspecified atom stereocenters. The highest BCUT2D eigenvalue weighted by molar-refractivity contribution is 8.00. The van der Waals surface area contributed by atoms with Gasteiger partial charge in [-0.15, -0.1) is 11.8 Å². The van der Waals surface area contributed by atoms with Gasteiger partial charge in [-0.25, -0.2) is 4.39 Å². The van der Waals surface area contributed by atoms with Crippen LogP contribution in [-0.4, -0.2) is 11.7 Å². The Morgan fingerprint density at radius 3 is 2.65 bits per heavy atom. The summed E-state index contributed by atoms with van der Waals surface area (Å²) in [5.41, 5.74) is 0.956. The van der Waals surface area contributed by atoms with Crippen LogP contribution in [0.1, 0.15) is 5.56 Å². The molecule has 5 heteroatoms. The molecular formula is C15H13ClFNOS. The maximum atomic E-state index is 12.7. The number of hydrogen-bond donors (Lipinski definition) is 1. The Hall–Kier alpha value is -1.52. The van der Waals surface area contributed by atoms with Gasteiger partial charge in [0.2, 0.25) is 5.91 Å². The van der Waals surface area contributed by atoms with Gasteiger partial charge in [0.25, 0.3) is 0 Å². The largest absolute Gasteiger partial charge is 0.351 e. The van der Waals surface area contributed by atoms with E-state index in [4.69, 9.17) is 11.6 Å². The fraction of sp³-hybridized carbons (Fsp3) is 0.133. The molecule has 0 aromatic heterocycles. The summed E-state index contributed by atoms with van der Waals surface area (Å²) in [7, 11) is 0. The van der Waals surface area contributed by atoms with Gasteiger partial charge in [0.1, 0.15) is 5.82 Å². The number of amides is 1. The third-order valence-electron chi connectivity index (χ3n) is 2.56. The van der Waals surface area contributed by atoms with Gasteiger partial charge in [0, 0.05) is 16.5 Å². The molecular weight excluding hydrogens is 297 g/mol. The van der Waals surface area contributed by atoms with Crippen LogP contribution in [0.15, 0.2) is 53.4 Å². The Kier molecular flexibility index (Phi) is 5.44. The predicted molar refractivity (Wildman–Crippen MR) is 80.4 cm³/mol. The molecule has 0 saturated heterocycles. The Bertz CT molecular complexity index is 589. The van der Waals surface area contributed by atoms with Gasteiger partial charge in [-0.2, -0.15) is 0 Å². The highest BCUT2D eigenvalue weighted by Crippen LogP contribution is 2.17. The van der Waals surface area contributed by atoms with Crippen LogP contribution in [0.3, 0.4) is 0 Å². The minimum absolute atomic E-state index is 0.0701. The molecule has 104 valence electrons. The summed E-state index contributed by atoms with van der Waals surface area (Å²) in [5.74, 6) is -0.0503. The number of halogens is 2. The average molecular weight is 310 g/mol. The first-order valence-corrected chi connectivity index (χ1v) is 7.39. The lowest BCUT2D eigenvalue weighted by Crippen LogP contribution is -2.24. The molecule has 0 atom stereocenters. The van der Waals surface area contributed by atoms with E-state index in [0.29, 0.717) is 17.3 Å². The molecule has 0 spiro atoms. The van der Waals surface area contributed by atoms with E-state index in [0.717, 1.165) is 10.5 Å². The van der Waals surface area contributed by atoms with Gasteiger partial charge in [-0.05, 0) is 42.0 Å². The smallest absolute Gasteiger partial charge is 0.230 e. The zero-order valence-electron chi connectivity index (χ0n) is 10.6. The van der Waals surface area contributed by atoms with Gasteiger partial charge in [0.05, 0.1) is 5.75 Å². The fourth-order valence-corrected chi connectivity index (χ4v) is 2.52. The zero-order chi connectivity index (χ0) is 14.4. The molecule has 0 heterocycles. The van der Waals surface area contributed by atoms with Crippen LogP contribution in [0.2, 0.25) is 5.02 Å². The summed E-state index contributed by atoms with van der Waals surface area (Å²) in [6, 6.07) is 13.4. The lowest BCUT2D eigenvalue weighted by molar-refractivity contribution is -0.118. The summed E-state index contributed by atoms with van der Waals surface area (Å²) in [6.45, 7) is 0.448. The summed E-state index contributed by atoms with van der Waals surface area (Å²) in [4.78, 5) is 12.6. The molecule has 2 aromatic rings. The van der Waals surface area contributed by atoms with Gasteiger partial charge in [0.15, 0.2) is 0 Å². The van der Waals surface area contributed by atoms with Crippen LogP contribution < -0.4 is 5.32 Å².